The van der Waals surface area contributed by atoms with Gasteiger partial charge in [-0.15, -0.1) is 15.3 Å². The van der Waals surface area contributed by atoms with Crippen LogP contribution in [0.25, 0.3) is 11.0 Å². The molecule has 0 unspecified atom stereocenters. The Hall–Kier alpha value is -3.20. The number of hydrogen-bond donors (Lipinski definition) is 0. The van der Waals surface area contributed by atoms with Crippen molar-refractivity contribution >= 4 is 28.7 Å². The van der Waals surface area contributed by atoms with Gasteiger partial charge in [-0.05, 0) is 38.5 Å². The van der Waals surface area contributed by atoms with Crippen LogP contribution < -0.4 is 0 Å². The normalized spacial score (nSPS) is 11.7. The Bertz CT molecular complexity index is 1170. The third kappa shape index (κ3) is 5.11. The molecule has 2 aromatic carbocycles. The molecule has 4 rings (SSSR count). The van der Waals surface area contributed by atoms with Crippen LogP contribution in [0.15, 0.2) is 64.2 Å². The van der Waals surface area contributed by atoms with Crippen LogP contribution >= 0.6 is 11.8 Å². The average molecular weight is 437 g/mol. The highest BCUT2D eigenvalue weighted by atomic mass is 32.2. The van der Waals surface area contributed by atoms with Crippen molar-refractivity contribution in [1.82, 2.24) is 30.1 Å². The standard InChI is InChI=1S/C22H24N6O2S/c1-22(2,3)27(13-16-9-5-4-6-10-16)20(29)15-31-21-25-24-19(30-21)14-28-18-12-8-7-11-17(18)23-26-28/h4-12H,13-15H2,1-3H3. The van der Waals surface area contributed by atoms with Gasteiger partial charge in [0.25, 0.3) is 5.22 Å². The van der Waals surface area contributed by atoms with Crippen LogP contribution in [0.4, 0.5) is 0 Å². The average Bonchev–Trinajstić information content (AvgIpc) is 3.38. The predicted molar refractivity (Wildman–Crippen MR) is 118 cm³/mol. The number of aromatic nitrogens is 5. The smallest absolute Gasteiger partial charge is 0.277 e. The van der Waals surface area contributed by atoms with Crippen molar-refractivity contribution in [3.8, 4) is 0 Å². The highest BCUT2D eigenvalue weighted by Crippen LogP contribution is 2.22. The van der Waals surface area contributed by atoms with Crippen molar-refractivity contribution < 1.29 is 9.21 Å². The Morgan fingerprint density at radius 3 is 2.55 bits per heavy atom. The molecule has 0 fully saturated rings. The third-order valence-electron chi connectivity index (χ3n) is 4.77. The number of carbonyl (C=O) groups excluding carboxylic acids is 1. The number of para-hydroxylation sites is 1. The molecule has 0 aliphatic heterocycles. The van der Waals surface area contributed by atoms with Gasteiger partial charge in [0.05, 0.1) is 11.3 Å². The molecule has 0 atom stereocenters. The molecular weight excluding hydrogens is 412 g/mol. The summed E-state index contributed by atoms with van der Waals surface area (Å²) in [7, 11) is 0. The van der Waals surface area contributed by atoms with E-state index in [1.165, 1.54) is 11.8 Å². The van der Waals surface area contributed by atoms with Gasteiger partial charge in [0.15, 0.2) is 0 Å². The van der Waals surface area contributed by atoms with Gasteiger partial charge in [-0.3, -0.25) is 4.79 Å². The summed E-state index contributed by atoms with van der Waals surface area (Å²) in [5.41, 5.74) is 2.49. The Morgan fingerprint density at radius 2 is 1.77 bits per heavy atom. The van der Waals surface area contributed by atoms with Crippen molar-refractivity contribution in [3.05, 3.63) is 66.1 Å². The fraction of sp³-hybridized carbons (Fsp3) is 0.318. The highest BCUT2D eigenvalue weighted by molar-refractivity contribution is 7.99. The number of thioether (sulfide) groups is 1. The summed E-state index contributed by atoms with van der Waals surface area (Å²) in [6.45, 7) is 6.98. The van der Waals surface area contributed by atoms with Gasteiger partial charge in [-0.1, -0.05) is 59.4 Å². The molecule has 160 valence electrons. The zero-order valence-electron chi connectivity index (χ0n) is 17.7. The van der Waals surface area contributed by atoms with Crippen LogP contribution in [0.5, 0.6) is 0 Å². The minimum Gasteiger partial charge on any atom is -0.414 e. The molecule has 2 heterocycles. The van der Waals surface area contributed by atoms with E-state index < -0.39 is 0 Å². The summed E-state index contributed by atoms with van der Waals surface area (Å²) in [5, 5.41) is 16.8. The first kappa shape index (κ1) is 21.0. The van der Waals surface area contributed by atoms with Crippen molar-refractivity contribution in [2.24, 2.45) is 0 Å². The Kier molecular flexibility index (Phi) is 6.03. The lowest BCUT2D eigenvalue weighted by Crippen LogP contribution is -2.45. The molecule has 0 saturated heterocycles. The molecule has 0 radical (unpaired) electrons. The number of hydrogen-bond acceptors (Lipinski definition) is 7. The van der Waals surface area contributed by atoms with Crippen LogP contribution in [0.3, 0.4) is 0 Å². The van der Waals surface area contributed by atoms with E-state index in [0.29, 0.717) is 24.2 Å². The van der Waals surface area contributed by atoms with Crippen LogP contribution in [0.1, 0.15) is 32.2 Å². The maximum absolute atomic E-state index is 13.0. The van der Waals surface area contributed by atoms with Gasteiger partial charge in [0.2, 0.25) is 11.8 Å². The highest BCUT2D eigenvalue weighted by Gasteiger charge is 2.27. The van der Waals surface area contributed by atoms with Gasteiger partial charge in [-0.2, -0.15) is 0 Å². The summed E-state index contributed by atoms with van der Waals surface area (Å²) in [6.07, 6.45) is 0. The van der Waals surface area contributed by atoms with Crippen molar-refractivity contribution in [2.45, 2.75) is 44.6 Å². The lowest BCUT2D eigenvalue weighted by atomic mass is 10.0. The molecule has 4 aromatic rings. The van der Waals surface area contributed by atoms with E-state index in [-0.39, 0.29) is 17.2 Å². The molecule has 9 heteroatoms. The Morgan fingerprint density at radius 1 is 1.03 bits per heavy atom. The number of benzene rings is 2. The van der Waals surface area contributed by atoms with Gasteiger partial charge < -0.3 is 9.32 Å². The zero-order chi connectivity index (χ0) is 21.8. The van der Waals surface area contributed by atoms with E-state index in [1.54, 1.807) is 4.68 Å². The second-order valence-corrected chi connectivity index (χ2v) is 9.05. The summed E-state index contributed by atoms with van der Waals surface area (Å²) in [4.78, 5) is 14.8. The van der Waals surface area contributed by atoms with E-state index in [4.69, 9.17) is 4.42 Å². The number of fused-ring (bicyclic) bond motifs is 1. The topological polar surface area (TPSA) is 89.9 Å². The first-order chi connectivity index (χ1) is 14.9. The lowest BCUT2D eigenvalue weighted by molar-refractivity contribution is -0.133. The monoisotopic (exact) mass is 436 g/mol. The third-order valence-corrected chi connectivity index (χ3v) is 5.57. The number of rotatable bonds is 7. The van der Waals surface area contributed by atoms with Crippen LogP contribution in [-0.2, 0) is 17.9 Å². The van der Waals surface area contributed by atoms with Gasteiger partial charge in [0, 0.05) is 12.1 Å². The summed E-state index contributed by atoms with van der Waals surface area (Å²) in [5.74, 6) is 0.656. The molecule has 31 heavy (non-hydrogen) atoms. The van der Waals surface area contributed by atoms with E-state index in [9.17, 15) is 4.79 Å². The predicted octanol–water partition coefficient (Wildman–Crippen LogP) is 3.78. The molecular formula is C22H24N6O2S. The quantitative estimate of drug-likeness (QED) is 0.407. The molecule has 1 amide bonds. The summed E-state index contributed by atoms with van der Waals surface area (Å²) >= 11 is 1.24. The van der Waals surface area contributed by atoms with Crippen LogP contribution in [0.2, 0.25) is 0 Å². The van der Waals surface area contributed by atoms with Gasteiger partial charge in [-0.25, -0.2) is 4.68 Å². The van der Waals surface area contributed by atoms with E-state index in [2.05, 4.69) is 20.5 Å². The molecule has 0 N–H and O–H groups in total. The molecule has 0 aliphatic rings. The van der Waals surface area contributed by atoms with Crippen LogP contribution in [0, 0.1) is 0 Å². The Balaban J connectivity index is 1.39. The molecule has 8 nitrogen and oxygen atoms in total. The fourth-order valence-electron chi connectivity index (χ4n) is 3.19. The van der Waals surface area contributed by atoms with Gasteiger partial charge in [0.1, 0.15) is 12.1 Å². The first-order valence-corrected chi connectivity index (χ1v) is 11.0. The SMILES string of the molecule is CC(C)(C)N(Cc1ccccc1)C(=O)CSc1nnc(Cn2nnc3ccccc32)o1. The Labute approximate surface area is 184 Å². The van der Waals surface area contributed by atoms with Crippen molar-refractivity contribution in [2.75, 3.05) is 5.75 Å². The molecule has 0 aliphatic carbocycles. The van der Waals surface area contributed by atoms with E-state index in [1.807, 2.05) is 80.3 Å². The van der Waals surface area contributed by atoms with Gasteiger partial charge >= 0.3 is 0 Å². The molecule has 0 bridgehead atoms. The van der Waals surface area contributed by atoms with E-state index in [0.717, 1.165) is 16.6 Å². The largest absolute Gasteiger partial charge is 0.414 e. The van der Waals surface area contributed by atoms with Crippen molar-refractivity contribution in [1.29, 1.82) is 0 Å². The second kappa shape index (κ2) is 8.89. The number of carbonyl (C=O) groups is 1. The van der Waals surface area contributed by atoms with E-state index >= 15 is 0 Å². The molecule has 2 aromatic heterocycles. The minimum atomic E-state index is -0.304. The maximum atomic E-state index is 13.0. The second-order valence-electron chi connectivity index (χ2n) is 8.12. The lowest BCUT2D eigenvalue weighted by Gasteiger charge is -2.35. The molecule has 0 saturated carbocycles. The first-order valence-electron chi connectivity index (χ1n) is 9.98. The number of amides is 1. The summed E-state index contributed by atoms with van der Waals surface area (Å²) in [6, 6.07) is 17.7. The zero-order valence-corrected chi connectivity index (χ0v) is 18.5. The van der Waals surface area contributed by atoms with Crippen LogP contribution in [-0.4, -0.2) is 47.3 Å². The minimum absolute atomic E-state index is 0.0170. The number of nitrogens with zero attached hydrogens (tertiary/aromatic N) is 6. The van der Waals surface area contributed by atoms with Crippen molar-refractivity contribution in [3.63, 3.8) is 0 Å². The fourth-order valence-corrected chi connectivity index (χ4v) is 3.85. The maximum Gasteiger partial charge on any atom is 0.277 e. The summed E-state index contributed by atoms with van der Waals surface area (Å²) < 4.78 is 7.43. The molecule has 0 spiro atoms.